The van der Waals surface area contributed by atoms with Crippen molar-refractivity contribution < 1.29 is 8.78 Å². The molecule has 8 heteroatoms. The summed E-state index contributed by atoms with van der Waals surface area (Å²) < 4.78 is 29.3. The van der Waals surface area contributed by atoms with Crippen molar-refractivity contribution >= 4 is 51.3 Å². The van der Waals surface area contributed by atoms with E-state index in [9.17, 15) is 8.78 Å². The van der Waals surface area contributed by atoms with Gasteiger partial charge in [-0.15, -0.1) is 11.3 Å². The lowest BCUT2D eigenvalue weighted by Gasteiger charge is -2.24. The number of alkyl halides is 2. The number of aromatic nitrogens is 2. The molecule has 0 unspecified atom stereocenters. The van der Waals surface area contributed by atoms with Gasteiger partial charge in [0.1, 0.15) is 10.7 Å². The van der Waals surface area contributed by atoms with Crippen LogP contribution in [0, 0.1) is 0 Å². The van der Waals surface area contributed by atoms with Crippen LogP contribution in [-0.4, -0.2) is 9.55 Å². The van der Waals surface area contributed by atoms with Gasteiger partial charge >= 0.3 is 6.55 Å². The van der Waals surface area contributed by atoms with Gasteiger partial charge in [0.2, 0.25) is 0 Å². The minimum absolute atomic E-state index is 0.0263. The zero-order valence-electron chi connectivity index (χ0n) is 14.5. The van der Waals surface area contributed by atoms with Crippen LogP contribution in [-0.2, 0) is 6.54 Å². The maximum absolute atomic E-state index is 14.1. The highest BCUT2D eigenvalue weighted by atomic mass is 35.5. The summed E-state index contributed by atoms with van der Waals surface area (Å²) >= 11 is 14.4. The number of thiophene rings is 1. The maximum atomic E-state index is 14.1. The number of halogens is 4. The monoisotopic (exact) mass is 429 g/mol. The standard InChI is InChI=1S/C19H19Cl2F2N3S/c20-14-9-13(24-10-12-7-4-8-27-12)18-16(25-14)15(21)17(26(18)19(22)23)11-5-2-1-3-6-11/h4,7-9,11,19H,1-3,5-6,10H2,(H,24,25). The Kier molecular flexibility index (Phi) is 5.58. The molecule has 1 aliphatic carbocycles. The minimum atomic E-state index is -2.69. The molecule has 3 nitrogen and oxygen atoms in total. The van der Waals surface area contributed by atoms with Crippen LogP contribution in [0.5, 0.6) is 0 Å². The van der Waals surface area contributed by atoms with E-state index in [1.807, 2.05) is 17.5 Å². The summed E-state index contributed by atoms with van der Waals surface area (Å²) in [6, 6.07) is 5.54. The molecule has 1 fully saturated rings. The smallest absolute Gasteiger partial charge is 0.319 e. The van der Waals surface area contributed by atoms with Crippen molar-refractivity contribution in [2.75, 3.05) is 5.32 Å². The van der Waals surface area contributed by atoms with Crippen LogP contribution >= 0.6 is 34.5 Å². The number of hydrogen-bond donors (Lipinski definition) is 1. The number of hydrogen-bond acceptors (Lipinski definition) is 3. The molecule has 3 aromatic rings. The van der Waals surface area contributed by atoms with Gasteiger partial charge in [-0.25, -0.2) is 4.98 Å². The van der Waals surface area contributed by atoms with Crippen molar-refractivity contribution in [2.24, 2.45) is 0 Å². The van der Waals surface area contributed by atoms with Crippen molar-refractivity contribution in [1.29, 1.82) is 0 Å². The van der Waals surface area contributed by atoms with Crippen LogP contribution in [0.2, 0.25) is 10.2 Å². The van der Waals surface area contributed by atoms with E-state index >= 15 is 0 Å². The highest BCUT2D eigenvalue weighted by Gasteiger charge is 2.30. The van der Waals surface area contributed by atoms with Gasteiger partial charge in [0.05, 0.1) is 16.2 Å². The van der Waals surface area contributed by atoms with Gasteiger partial charge in [0.15, 0.2) is 0 Å². The number of anilines is 1. The molecule has 0 saturated heterocycles. The highest BCUT2D eigenvalue weighted by molar-refractivity contribution is 7.09. The van der Waals surface area contributed by atoms with E-state index in [0.717, 1.165) is 41.5 Å². The molecule has 0 aliphatic heterocycles. The maximum Gasteiger partial charge on any atom is 0.319 e. The van der Waals surface area contributed by atoms with E-state index in [1.54, 1.807) is 17.4 Å². The predicted octanol–water partition coefficient (Wildman–Crippen LogP) is 7.46. The molecule has 0 bridgehead atoms. The fourth-order valence-electron chi connectivity index (χ4n) is 3.94. The Labute approximate surface area is 170 Å². The van der Waals surface area contributed by atoms with Crippen molar-refractivity contribution in [3.05, 3.63) is 44.3 Å². The number of fused-ring (bicyclic) bond motifs is 1. The average molecular weight is 430 g/mol. The van der Waals surface area contributed by atoms with E-state index in [2.05, 4.69) is 10.3 Å². The van der Waals surface area contributed by atoms with Crippen molar-refractivity contribution in [3.63, 3.8) is 0 Å². The lowest BCUT2D eigenvalue weighted by molar-refractivity contribution is 0.0705. The van der Waals surface area contributed by atoms with Crippen molar-refractivity contribution in [1.82, 2.24) is 9.55 Å². The molecule has 4 rings (SSSR count). The van der Waals surface area contributed by atoms with Gasteiger partial charge in [-0.1, -0.05) is 48.5 Å². The van der Waals surface area contributed by atoms with Gasteiger partial charge in [0.25, 0.3) is 0 Å². The third kappa shape index (κ3) is 3.67. The summed E-state index contributed by atoms with van der Waals surface area (Å²) in [6.07, 6.45) is 4.94. The molecule has 27 heavy (non-hydrogen) atoms. The molecule has 3 aromatic heterocycles. The summed E-state index contributed by atoms with van der Waals surface area (Å²) in [4.78, 5) is 5.38. The first-order valence-electron chi connectivity index (χ1n) is 9.00. The van der Waals surface area contributed by atoms with Gasteiger partial charge in [-0.3, -0.25) is 4.57 Å². The molecular weight excluding hydrogens is 411 g/mol. The molecule has 0 amide bonds. The number of nitrogens with zero attached hydrogens (tertiary/aromatic N) is 2. The Morgan fingerprint density at radius 1 is 1.26 bits per heavy atom. The normalized spacial score (nSPS) is 15.7. The molecular formula is C19H19Cl2F2N3S. The summed E-state index contributed by atoms with van der Waals surface area (Å²) in [5.41, 5.74) is 1.70. The Balaban J connectivity index is 1.85. The summed E-state index contributed by atoms with van der Waals surface area (Å²) in [5, 5.41) is 5.76. The molecule has 0 atom stereocenters. The SMILES string of the molecule is FC(F)n1c(C2CCCCC2)c(Cl)c2nc(Cl)cc(NCc3cccs3)c21. The Morgan fingerprint density at radius 3 is 2.70 bits per heavy atom. The topological polar surface area (TPSA) is 29.9 Å². The summed E-state index contributed by atoms with van der Waals surface area (Å²) in [6.45, 7) is -2.17. The fraction of sp³-hybridized carbons (Fsp3) is 0.421. The minimum Gasteiger partial charge on any atom is -0.378 e. The van der Waals surface area contributed by atoms with Crippen LogP contribution in [0.4, 0.5) is 14.5 Å². The van der Waals surface area contributed by atoms with Gasteiger partial charge in [-0.2, -0.15) is 8.78 Å². The zero-order chi connectivity index (χ0) is 19.0. The molecule has 3 heterocycles. The molecule has 0 spiro atoms. The lowest BCUT2D eigenvalue weighted by atomic mass is 9.87. The van der Waals surface area contributed by atoms with Crippen LogP contribution in [0.1, 0.15) is 55.1 Å². The molecule has 1 saturated carbocycles. The van der Waals surface area contributed by atoms with E-state index in [-0.39, 0.29) is 11.1 Å². The third-order valence-corrected chi connectivity index (χ3v) is 6.56. The van der Waals surface area contributed by atoms with E-state index in [0.29, 0.717) is 34.0 Å². The largest absolute Gasteiger partial charge is 0.378 e. The zero-order valence-corrected chi connectivity index (χ0v) is 16.8. The fourth-order valence-corrected chi connectivity index (χ4v) is 5.15. The Morgan fingerprint density at radius 2 is 2.04 bits per heavy atom. The highest BCUT2D eigenvalue weighted by Crippen LogP contribution is 2.45. The third-order valence-electron chi connectivity index (χ3n) is 5.11. The molecule has 1 N–H and O–H groups in total. The van der Waals surface area contributed by atoms with Gasteiger partial charge in [-0.05, 0) is 24.3 Å². The number of nitrogens with one attached hydrogen (secondary N) is 1. The first kappa shape index (κ1) is 19.0. The summed E-state index contributed by atoms with van der Waals surface area (Å²) in [7, 11) is 0. The van der Waals surface area contributed by atoms with Crippen LogP contribution < -0.4 is 5.32 Å². The van der Waals surface area contributed by atoms with E-state index < -0.39 is 6.55 Å². The van der Waals surface area contributed by atoms with Crippen LogP contribution in [0.15, 0.2) is 23.6 Å². The second-order valence-corrected chi connectivity index (χ2v) is 8.60. The lowest BCUT2D eigenvalue weighted by Crippen LogP contribution is -2.13. The molecule has 0 radical (unpaired) electrons. The molecule has 144 valence electrons. The second-order valence-electron chi connectivity index (χ2n) is 6.80. The number of rotatable bonds is 5. The summed E-state index contributed by atoms with van der Waals surface area (Å²) in [5.74, 6) is 0.0263. The Hall–Kier alpha value is -1.37. The molecule has 0 aromatic carbocycles. The first-order valence-corrected chi connectivity index (χ1v) is 10.6. The molecule has 1 aliphatic rings. The quantitative estimate of drug-likeness (QED) is 0.426. The Bertz CT molecular complexity index is 934. The predicted molar refractivity (Wildman–Crippen MR) is 108 cm³/mol. The van der Waals surface area contributed by atoms with Crippen molar-refractivity contribution in [2.45, 2.75) is 51.1 Å². The van der Waals surface area contributed by atoms with Gasteiger partial charge in [0, 0.05) is 29.1 Å². The van der Waals surface area contributed by atoms with Gasteiger partial charge < -0.3 is 5.32 Å². The van der Waals surface area contributed by atoms with Crippen LogP contribution in [0.3, 0.4) is 0 Å². The number of pyridine rings is 1. The second kappa shape index (κ2) is 7.94. The van der Waals surface area contributed by atoms with E-state index in [4.69, 9.17) is 23.2 Å². The first-order chi connectivity index (χ1) is 13.1. The van der Waals surface area contributed by atoms with Crippen molar-refractivity contribution in [3.8, 4) is 0 Å². The van der Waals surface area contributed by atoms with E-state index in [1.165, 1.54) is 0 Å². The van der Waals surface area contributed by atoms with Crippen LogP contribution in [0.25, 0.3) is 11.0 Å². The average Bonchev–Trinajstić information content (AvgIpc) is 3.27.